The minimum Gasteiger partial charge on any atom is -0.469 e. The highest BCUT2D eigenvalue weighted by molar-refractivity contribution is 5.85. The maximum absolute atomic E-state index is 12.9. The van der Waals surface area contributed by atoms with Crippen molar-refractivity contribution in [3.63, 3.8) is 0 Å². The van der Waals surface area contributed by atoms with Crippen LogP contribution in [0.2, 0.25) is 0 Å². The van der Waals surface area contributed by atoms with Gasteiger partial charge in [0.2, 0.25) is 11.8 Å². The molecule has 0 aliphatic carbocycles. The van der Waals surface area contributed by atoms with E-state index in [1.54, 1.807) is 18.2 Å². The number of benzene rings is 1. The van der Waals surface area contributed by atoms with Gasteiger partial charge in [-0.05, 0) is 31.0 Å². The van der Waals surface area contributed by atoms with Gasteiger partial charge in [-0.1, -0.05) is 30.3 Å². The van der Waals surface area contributed by atoms with Crippen LogP contribution in [-0.4, -0.2) is 29.8 Å². The van der Waals surface area contributed by atoms with Crippen molar-refractivity contribution in [1.82, 2.24) is 10.2 Å². The first-order valence-corrected chi connectivity index (χ1v) is 8.69. The Kier molecular flexibility index (Phi) is 5.22. The van der Waals surface area contributed by atoms with E-state index >= 15 is 0 Å². The van der Waals surface area contributed by atoms with Crippen molar-refractivity contribution in [2.75, 3.05) is 7.05 Å². The predicted octanol–water partition coefficient (Wildman–Crippen LogP) is 2.94. The molecule has 2 amide bonds. The van der Waals surface area contributed by atoms with E-state index < -0.39 is 0 Å². The molecule has 1 aromatic carbocycles. The van der Waals surface area contributed by atoms with E-state index in [1.165, 1.54) is 0 Å². The lowest BCUT2D eigenvalue weighted by Crippen LogP contribution is -2.48. The van der Waals surface area contributed by atoms with Gasteiger partial charge in [0, 0.05) is 25.9 Å². The maximum Gasteiger partial charge on any atom is 0.225 e. The van der Waals surface area contributed by atoms with Crippen LogP contribution in [-0.2, 0) is 16.0 Å². The Morgan fingerprint density at radius 3 is 2.72 bits per heavy atom. The van der Waals surface area contributed by atoms with Crippen LogP contribution in [0.3, 0.4) is 0 Å². The molecule has 0 spiro atoms. The Balaban J connectivity index is 1.73. The minimum absolute atomic E-state index is 0.00717. The van der Waals surface area contributed by atoms with Gasteiger partial charge in [-0.25, -0.2) is 0 Å². The minimum atomic E-state index is -0.246. The van der Waals surface area contributed by atoms with E-state index in [9.17, 15) is 9.59 Å². The second-order valence-electron chi connectivity index (χ2n) is 6.70. The molecule has 1 aromatic heterocycles. The van der Waals surface area contributed by atoms with Crippen LogP contribution in [0.1, 0.15) is 37.1 Å². The van der Waals surface area contributed by atoms with Gasteiger partial charge >= 0.3 is 0 Å². The van der Waals surface area contributed by atoms with Crippen molar-refractivity contribution in [3.8, 4) is 0 Å². The molecule has 0 bridgehead atoms. The van der Waals surface area contributed by atoms with Gasteiger partial charge in [0.05, 0.1) is 18.2 Å². The first-order valence-electron chi connectivity index (χ1n) is 8.69. The highest BCUT2D eigenvalue weighted by atomic mass is 16.3. The number of rotatable bonds is 5. The van der Waals surface area contributed by atoms with E-state index in [0.717, 1.165) is 11.3 Å². The van der Waals surface area contributed by atoms with Crippen molar-refractivity contribution >= 4 is 11.8 Å². The monoisotopic (exact) mass is 340 g/mol. The lowest BCUT2D eigenvalue weighted by molar-refractivity contribution is -0.141. The van der Waals surface area contributed by atoms with Gasteiger partial charge in [-0.2, -0.15) is 0 Å². The zero-order chi connectivity index (χ0) is 17.8. The quantitative estimate of drug-likeness (QED) is 0.910. The summed E-state index contributed by atoms with van der Waals surface area (Å²) in [6.45, 7) is 1.97. The summed E-state index contributed by atoms with van der Waals surface area (Å²) in [5, 5.41) is 3.09. The molecule has 1 N–H and O–H groups in total. The first kappa shape index (κ1) is 17.3. The molecule has 1 saturated heterocycles. The fraction of sp³-hybridized carbons (Fsp3) is 0.400. The number of piperidine rings is 1. The summed E-state index contributed by atoms with van der Waals surface area (Å²) in [5.41, 5.74) is 0.997. The molecular weight excluding hydrogens is 316 g/mol. The number of likely N-dealkylation sites (tertiary alicyclic amines) is 1. The van der Waals surface area contributed by atoms with Crippen LogP contribution < -0.4 is 5.32 Å². The molecule has 2 heterocycles. The molecule has 0 saturated carbocycles. The number of furan rings is 1. The van der Waals surface area contributed by atoms with Gasteiger partial charge in [0.1, 0.15) is 5.76 Å². The Morgan fingerprint density at radius 2 is 2.04 bits per heavy atom. The van der Waals surface area contributed by atoms with Crippen LogP contribution in [0.4, 0.5) is 0 Å². The third kappa shape index (κ3) is 3.92. The molecule has 1 fully saturated rings. The SMILES string of the molecule is CC(Cc1ccco1)NC(=O)C1CCC(=O)N(C)C1c1ccccc1. The highest BCUT2D eigenvalue weighted by Crippen LogP contribution is 2.35. The van der Waals surface area contributed by atoms with Crippen molar-refractivity contribution in [2.24, 2.45) is 5.92 Å². The molecule has 5 heteroatoms. The number of carbonyl (C=O) groups excluding carboxylic acids is 2. The lowest BCUT2D eigenvalue weighted by atomic mass is 9.84. The van der Waals surface area contributed by atoms with E-state index in [0.29, 0.717) is 19.3 Å². The summed E-state index contributed by atoms with van der Waals surface area (Å²) in [7, 11) is 1.78. The average Bonchev–Trinajstić information content (AvgIpc) is 3.10. The lowest BCUT2D eigenvalue weighted by Gasteiger charge is -2.39. The number of amides is 2. The third-order valence-corrected chi connectivity index (χ3v) is 4.81. The largest absolute Gasteiger partial charge is 0.469 e. The second kappa shape index (κ2) is 7.55. The van der Waals surface area contributed by atoms with Gasteiger partial charge < -0.3 is 14.6 Å². The van der Waals surface area contributed by atoms with Crippen LogP contribution >= 0.6 is 0 Å². The van der Waals surface area contributed by atoms with Crippen LogP contribution in [0.15, 0.2) is 53.1 Å². The third-order valence-electron chi connectivity index (χ3n) is 4.81. The zero-order valence-corrected chi connectivity index (χ0v) is 14.6. The predicted molar refractivity (Wildman–Crippen MR) is 94.7 cm³/mol. The summed E-state index contributed by atoms with van der Waals surface area (Å²) >= 11 is 0. The molecule has 2 aromatic rings. The van der Waals surface area contributed by atoms with E-state index in [1.807, 2.05) is 49.4 Å². The van der Waals surface area contributed by atoms with Crippen molar-refractivity contribution in [2.45, 2.75) is 38.3 Å². The van der Waals surface area contributed by atoms with Crippen LogP contribution in [0.5, 0.6) is 0 Å². The normalized spacial score (nSPS) is 21.8. The number of carbonyl (C=O) groups is 2. The molecule has 25 heavy (non-hydrogen) atoms. The van der Waals surface area contributed by atoms with E-state index in [2.05, 4.69) is 5.32 Å². The topological polar surface area (TPSA) is 62.6 Å². The Labute approximate surface area is 148 Å². The highest BCUT2D eigenvalue weighted by Gasteiger charge is 2.39. The van der Waals surface area contributed by atoms with E-state index in [4.69, 9.17) is 4.42 Å². The summed E-state index contributed by atoms with van der Waals surface area (Å²) in [4.78, 5) is 26.8. The molecule has 1 aliphatic heterocycles. The Morgan fingerprint density at radius 1 is 1.28 bits per heavy atom. The smallest absolute Gasteiger partial charge is 0.225 e. The fourth-order valence-electron chi connectivity index (χ4n) is 3.55. The van der Waals surface area contributed by atoms with Gasteiger partial charge in [-0.15, -0.1) is 0 Å². The van der Waals surface area contributed by atoms with Crippen molar-refractivity contribution in [3.05, 3.63) is 60.1 Å². The van der Waals surface area contributed by atoms with Gasteiger partial charge in [0.15, 0.2) is 0 Å². The van der Waals surface area contributed by atoms with Crippen LogP contribution in [0.25, 0.3) is 0 Å². The van der Waals surface area contributed by atoms with Crippen molar-refractivity contribution < 1.29 is 14.0 Å². The molecule has 0 radical (unpaired) electrons. The number of hydrogen-bond acceptors (Lipinski definition) is 3. The number of hydrogen-bond donors (Lipinski definition) is 1. The molecule has 3 atom stereocenters. The van der Waals surface area contributed by atoms with Gasteiger partial charge in [0.25, 0.3) is 0 Å². The number of nitrogens with zero attached hydrogens (tertiary/aromatic N) is 1. The zero-order valence-electron chi connectivity index (χ0n) is 14.6. The molecule has 3 rings (SSSR count). The Hall–Kier alpha value is -2.56. The average molecular weight is 340 g/mol. The van der Waals surface area contributed by atoms with E-state index in [-0.39, 0.29) is 29.8 Å². The van der Waals surface area contributed by atoms with Crippen molar-refractivity contribution in [1.29, 1.82) is 0 Å². The molecular formula is C20H24N2O3. The molecule has 1 aliphatic rings. The standard InChI is InChI=1S/C20H24N2O3/c1-14(13-16-9-6-12-25-16)21-20(24)17-10-11-18(23)22(2)19(17)15-7-4-3-5-8-15/h3-9,12,14,17,19H,10-11,13H2,1-2H3,(H,21,24). The second-order valence-corrected chi connectivity index (χ2v) is 6.70. The first-order chi connectivity index (χ1) is 12.1. The molecule has 3 unspecified atom stereocenters. The summed E-state index contributed by atoms with van der Waals surface area (Å²) in [6.07, 6.45) is 3.26. The maximum atomic E-state index is 12.9. The van der Waals surface area contributed by atoms with Crippen LogP contribution in [0, 0.1) is 5.92 Å². The summed E-state index contributed by atoms with van der Waals surface area (Å²) < 4.78 is 5.35. The van der Waals surface area contributed by atoms with Gasteiger partial charge in [-0.3, -0.25) is 9.59 Å². The summed E-state index contributed by atoms with van der Waals surface area (Å²) in [5.74, 6) is 0.682. The molecule has 132 valence electrons. The Bertz CT molecular complexity index is 712. The fourth-order valence-corrected chi connectivity index (χ4v) is 3.55. The number of nitrogens with one attached hydrogen (secondary N) is 1. The summed E-state index contributed by atoms with van der Waals surface area (Å²) in [6, 6.07) is 13.3. The molecule has 5 nitrogen and oxygen atoms in total.